The van der Waals surface area contributed by atoms with Crippen molar-refractivity contribution in [2.24, 2.45) is 0 Å². The number of hydrogen-bond acceptors (Lipinski definition) is 5. The first-order valence-electron chi connectivity index (χ1n) is 9.42. The van der Waals surface area contributed by atoms with Crippen LogP contribution in [0.5, 0.6) is 5.88 Å². The second kappa shape index (κ2) is 9.84. The highest BCUT2D eigenvalue weighted by Gasteiger charge is 2.42. The number of ketones is 1. The molecule has 168 valence electrons. The number of halogens is 4. The standard InChI is InChI=1S/C21H23F4N3O3/c1-11-5-16(9-26-19(11)31-10-21(24,25)20(22)23)14(4)28-18(30)15-6-12(2)27-17(8-15)7-13(3)29/h5-6,8-9,14,20H,7,10H2,1-4H3,(H,28,30). The molecule has 1 amide bonds. The van der Waals surface area contributed by atoms with E-state index in [1.165, 1.54) is 20.0 Å². The third-order valence-electron chi connectivity index (χ3n) is 4.32. The molecule has 0 saturated carbocycles. The van der Waals surface area contributed by atoms with Gasteiger partial charge < -0.3 is 10.1 Å². The third-order valence-corrected chi connectivity index (χ3v) is 4.32. The van der Waals surface area contributed by atoms with Gasteiger partial charge in [0, 0.05) is 35.1 Å². The Morgan fingerprint density at radius 1 is 1.19 bits per heavy atom. The number of alkyl halides is 4. The number of rotatable bonds is 9. The zero-order valence-corrected chi connectivity index (χ0v) is 17.5. The van der Waals surface area contributed by atoms with E-state index >= 15 is 0 Å². The summed E-state index contributed by atoms with van der Waals surface area (Å²) >= 11 is 0. The van der Waals surface area contributed by atoms with Crippen LogP contribution < -0.4 is 10.1 Å². The number of aryl methyl sites for hydroxylation is 2. The molecule has 2 aromatic rings. The van der Waals surface area contributed by atoms with Crippen molar-refractivity contribution in [1.82, 2.24) is 15.3 Å². The summed E-state index contributed by atoms with van der Waals surface area (Å²) in [6.07, 6.45) is -2.41. The molecule has 0 aliphatic carbocycles. The maximum Gasteiger partial charge on any atom is 0.340 e. The van der Waals surface area contributed by atoms with Gasteiger partial charge in [0.05, 0.1) is 6.04 Å². The molecule has 2 rings (SSSR count). The van der Waals surface area contributed by atoms with Gasteiger partial charge in [-0.1, -0.05) is 0 Å². The summed E-state index contributed by atoms with van der Waals surface area (Å²) < 4.78 is 55.3. The molecule has 0 aromatic carbocycles. The highest BCUT2D eigenvalue weighted by Crippen LogP contribution is 2.26. The van der Waals surface area contributed by atoms with E-state index < -0.39 is 30.9 Å². The molecule has 1 atom stereocenters. The Bertz CT molecular complexity index is 967. The quantitative estimate of drug-likeness (QED) is 0.595. The van der Waals surface area contributed by atoms with Gasteiger partial charge in [0.25, 0.3) is 5.91 Å². The normalized spacial score (nSPS) is 12.5. The Morgan fingerprint density at radius 2 is 1.87 bits per heavy atom. The Hall–Kier alpha value is -3.04. The molecular weight excluding hydrogens is 418 g/mol. The van der Waals surface area contributed by atoms with E-state index in [0.717, 1.165) is 0 Å². The molecule has 0 aliphatic heterocycles. The largest absolute Gasteiger partial charge is 0.471 e. The van der Waals surface area contributed by atoms with E-state index in [1.54, 1.807) is 32.0 Å². The van der Waals surface area contributed by atoms with Crippen LogP contribution >= 0.6 is 0 Å². The smallest absolute Gasteiger partial charge is 0.340 e. The van der Waals surface area contributed by atoms with E-state index in [2.05, 4.69) is 15.3 Å². The molecule has 0 bridgehead atoms. The van der Waals surface area contributed by atoms with Crippen LogP contribution in [0, 0.1) is 13.8 Å². The molecule has 6 nitrogen and oxygen atoms in total. The van der Waals surface area contributed by atoms with Crippen LogP contribution in [0.25, 0.3) is 0 Å². The first-order chi connectivity index (χ1) is 14.4. The van der Waals surface area contributed by atoms with E-state index in [4.69, 9.17) is 4.74 Å². The lowest BCUT2D eigenvalue weighted by Crippen LogP contribution is -2.34. The minimum Gasteiger partial charge on any atom is -0.471 e. The molecular formula is C21H23F4N3O3. The number of ether oxygens (including phenoxy) is 1. The number of nitrogens with one attached hydrogen (secondary N) is 1. The SMILES string of the molecule is CC(=O)Cc1cc(C(=O)NC(C)c2cnc(OCC(F)(F)C(F)F)c(C)c2)cc(C)n1. The molecule has 2 heterocycles. The van der Waals surface area contributed by atoms with Crippen LogP contribution in [0.4, 0.5) is 17.6 Å². The van der Waals surface area contributed by atoms with Crippen molar-refractivity contribution in [3.8, 4) is 5.88 Å². The maximum absolute atomic E-state index is 13.0. The minimum absolute atomic E-state index is 0.0759. The first kappa shape index (κ1) is 24.2. The minimum atomic E-state index is -4.28. The van der Waals surface area contributed by atoms with Crippen molar-refractivity contribution >= 4 is 11.7 Å². The number of amides is 1. The number of nitrogens with zero attached hydrogens (tertiary/aromatic N) is 2. The first-order valence-corrected chi connectivity index (χ1v) is 9.42. The Morgan fingerprint density at radius 3 is 2.45 bits per heavy atom. The molecule has 0 fully saturated rings. The van der Waals surface area contributed by atoms with Crippen LogP contribution in [0.1, 0.15) is 52.8 Å². The van der Waals surface area contributed by atoms with Gasteiger partial charge in [-0.25, -0.2) is 13.8 Å². The number of carbonyl (C=O) groups is 2. The van der Waals surface area contributed by atoms with Gasteiger partial charge >= 0.3 is 12.3 Å². The van der Waals surface area contributed by atoms with Crippen LogP contribution in [0.2, 0.25) is 0 Å². The molecule has 10 heteroatoms. The van der Waals surface area contributed by atoms with Crippen molar-refractivity contribution in [2.75, 3.05) is 6.61 Å². The van der Waals surface area contributed by atoms with Crippen molar-refractivity contribution in [1.29, 1.82) is 0 Å². The zero-order chi connectivity index (χ0) is 23.3. The average molecular weight is 441 g/mol. The maximum atomic E-state index is 13.0. The van der Waals surface area contributed by atoms with Gasteiger partial charge in [0.2, 0.25) is 5.88 Å². The predicted octanol–water partition coefficient (Wildman–Crippen LogP) is 4.00. The number of Topliss-reactive ketones (excluding diaryl/α,β-unsaturated/α-hetero) is 1. The third kappa shape index (κ3) is 6.73. The highest BCUT2D eigenvalue weighted by atomic mass is 19.3. The molecule has 0 aliphatic rings. The van der Waals surface area contributed by atoms with Crippen LogP contribution in [0.15, 0.2) is 24.4 Å². The molecule has 1 unspecified atom stereocenters. The van der Waals surface area contributed by atoms with E-state index in [0.29, 0.717) is 28.1 Å². The van der Waals surface area contributed by atoms with Crippen LogP contribution in [-0.2, 0) is 11.2 Å². The van der Waals surface area contributed by atoms with Gasteiger partial charge in [0.15, 0.2) is 6.61 Å². The Balaban J connectivity index is 2.09. The second-order valence-corrected chi connectivity index (χ2v) is 7.30. The van der Waals surface area contributed by atoms with Crippen molar-refractivity contribution < 1.29 is 31.9 Å². The topological polar surface area (TPSA) is 81.2 Å². The lowest BCUT2D eigenvalue weighted by molar-refractivity contribution is -0.148. The van der Waals surface area contributed by atoms with Gasteiger partial charge in [-0.15, -0.1) is 0 Å². The fourth-order valence-corrected chi connectivity index (χ4v) is 2.78. The fraction of sp³-hybridized carbons (Fsp3) is 0.429. The second-order valence-electron chi connectivity index (χ2n) is 7.30. The summed E-state index contributed by atoms with van der Waals surface area (Å²) in [5, 5.41) is 2.79. The molecule has 0 spiro atoms. The van der Waals surface area contributed by atoms with Crippen LogP contribution in [0.3, 0.4) is 0 Å². The summed E-state index contributed by atoms with van der Waals surface area (Å²) in [4.78, 5) is 32.1. The number of aromatic nitrogens is 2. The number of hydrogen-bond donors (Lipinski definition) is 1. The monoisotopic (exact) mass is 441 g/mol. The summed E-state index contributed by atoms with van der Waals surface area (Å²) in [7, 11) is 0. The average Bonchev–Trinajstić information content (AvgIpc) is 2.65. The molecule has 31 heavy (non-hydrogen) atoms. The lowest BCUT2D eigenvalue weighted by Gasteiger charge is -2.18. The molecule has 2 aromatic heterocycles. The van der Waals surface area contributed by atoms with Gasteiger partial charge in [0.1, 0.15) is 5.78 Å². The summed E-state index contributed by atoms with van der Waals surface area (Å²) in [5.41, 5.74) is 2.34. The Kier molecular flexibility index (Phi) is 7.70. The molecule has 1 N–H and O–H groups in total. The lowest BCUT2D eigenvalue weighted by atomic mass is 10.1. The van der Waals surface area contributed by atoms with Gasteiger partial charge in [-0.05, 0) is 51.5 Å². The van der Waals surface area contributed by atoms with Gasteiger partial charge in [-0.3, -0.25) is 14.6 Å². The molecule has 0 radical (unpaired) electrons. The van der Waals surface area contributed by atoms with Crippen LogP contribution in [-0.4, -0.2) is 40.6 Å². The van der Waals surface area contributed by atoms with E-state index in [-0.39, 0.29) is 18.1 Å². The summed E-state index contributed by atoms with van der Waals surface area (Å²) in [6, 6.07) is 4.20. The summed E-state index contributed by atoms with van der Waals surface area (Å²) in [5.74, 6) is -4.94. The van der Waals surface area contributed by atoms with Crippen molar-refractivity contribution in [2.45, 2.75) is 52.5 Å². The van der Waals surface area contributed by atoms with E-state index in [1.807, 2.05) is 0 Å². The molecule has 0 saturated heterocycles. The summed E-state index contributed by atoms with van der Waals surface area (Å²) in [6.45, 7) is 4.89. The van der Waals surface area contributed by atoms with E-state index in [9.17, 15) is 27.2 Å². The number of pyridine rings is 2. The fourth-order valence-electron chi connectivity index (χ4n) is 2.78. The predicted molar refractivity (Wildman–Crippen MR) is 105 cm³/mol. The van der Waals surface area contributed by atoms with Crippen molar-refractivity contribution in [3.05, 3.63) is 52.5 Å². The number of carbonyl (C=O) groups excluding carboxylic acids is 2. The van der Waals surface area contributed by atoms with Gasteiger partial charge in [-0.2, -0.15) is 8.78 Å². The zero-order valence-electron chi connectivity index (χ0n) is 17.5. The Labute approximate surface area is 177 Å². The van der Waals surface area contributed by atoms with Crippen molar-refractivity contribution in [3.63, 3.8) is 0 Å². The highest BCUT2D eigenvalue weighted by molar-refractivity contribution is 5.94.